The molecule has 2 aliphatic heterocycles. The number of hydrogen-bond acceptors (Lipinski definition) is 4. The van der Waals surface area contributed by atoms with Gasteiger partial charge in [-0.15, -0.1) is 6.58 Å². The molecule has 0 saturated heterocycles. The Bertz CT molecular complexity index is 1230. The van der Waals surface area contributed by atoms with Gasteiger partial charge in [0, 0.05) is 24.2 Å². The van der Waals surface area contributed by atoms with Crippen molar-refractivity contribution in [2.75, 3.05) is 23.9 Å². The van der Waals surface area contributed by atoms with E-state index in [0.717, 1.165) is 28.3 Å². The third-order valence-corrected chi connectivity index (χ3v) is 6.05. The van der Waals surface area contributed by atoms with E-state index in [4.69, 9.17) is 4.74 Å². The third-order valence-electron chi connectivity index (χ3n) is 6.05. The molecular formula is C24H22N4O3. The van der Waals surface area contributed by atoms with E-state index in [0.29, 0.717) is 17.9 Å². The summed E-state index contributed by atoms with van der Waals surface area (Å²) in [6.45, 7) is 6.16. The molecule has 0 bridgehead atoms. The predicted octanol–water partition coefficient (Wildman–Crippen LogP) is 3.35. The van der Waals surface area contributed by atoms with Crippen molar-refractivity contribution in [2.45, 2.75) is 18.8 Å². The first kappa shape index (κ1) is 19.1. The molecule has 156 valence electrons. The van der Waals surface area contributed by atoms with Crippen LogP contribution in [0.15, 0.2) is 61.3 Å². The molecule has 3 aromatic rings. The SMILES string of the molecule is C=CCN1C(=O)[C@@]2(CC(=O)Nc3c2cnn3-c2ccc(OC)cc2)c2cc(C)ccc21. The second-order valence-corrected chi connectivity index (χ2v) is 7.87. The molecule has 7 nitrogen and oxygen atoms in total. The smallest absolute Gasteiger partial charge is 0.243 e. The lowest BCUT2D eigenvalue weighted by Gasteiger charge is -2.32. The summed E-state index contributed by atoms with van der Waals surface area (Å²) in [6.07, 6.45) is 3.43. The maximum absolute atomic E-state index is 13.8. The Kier molecular flexibility index (Phi) is 4.22. The average molecular weight is 414 g/mol. The fourth-order valence-electron chi connectivity index (χ4n) is 4.64. The fraction of sp³-hybridized carbons (Fsp3) is 0.208. The summed E-state index contributed by atoms with van der Waals surface area (Å²) >= 11 is 0. The van der Waals surface area contributed by atoms with Crippen molar-refractivity contribution in [3.63, 3.8) is 0 Å². The number of hydrogen-bond donors (Lipinski definition) is 1. The van der Waals surface area contributed by atoms with Crippen molar-refractivity contribution in [3.8, 4) is 11.4 Å². The van der Waals surface area contributed by atoms with Gasteiger partial charge in [0.15, 0.2) is 0 Å². The standard InChI is InChI=1S/C24H22N4O3/c1-4-11-27-20-10-5-15(2)12-18(20)24(23(27)30)13-21(29)26-22-19(24)14-25-28(22)16-6-8-17(31-3)9-7-16/h4-10,12,14H,1,11,13H2,2-3H3,(H,26,29)/t24-/m0/s1. The highest BCUT2D eigenvalue weighted by Crippen LogP contribution is 2.52. The van der Waals surface area contributed by atoms with Crippen LogP contribution < -0.4 is 15.0 Å². The lowest BCUT2D eigenvalue weighted by Crippen LogP contribution is -2.46. The van der Waals surface area contributed by atoms with Crippen molar-refractivity contribution >= 4 is 23.3 Å². The predicted molar refractivity (Wildman–Crippen MR) is 118 cm³/mol. The molecule has 0 fully saturated rings. The van der Waals surface area contributed by atoms with Gasteiger partial charge in [-0.05, 0) is 42.8 Å². The summed E-state index contributed by atoms with van der Waals surface area (Å²) in [4.78, 5) is 28.4. The van der Waals surface area contributed by atoms with Crippen LogP contribution in [0.5, 0.6) is 5.75 Å². The molecule has 7 heteroatoms. The molecule has 1 aromatic heterocycles. The van der Waals surface area contributed by atoms with Crippen LogP contribution >= 0.6 is 0 Å². The number of nitrogens with one attached hydrogen (secondary N) is 1. The topological polar surface area (TPSA) is 76.5 Å². The number of aromatic nitrogens is 2. The zero-order valence-corrected chi connectivity index (χ0v) is 17.4. The number of nitrogens with zero attached hydrogens (tertiary/aromatic N) is 3. The van der Waals surface area contributed by atoms with Gasteiger partial charge in [-0.2, -0.15) is 5.10 Å². The summed E-state index contributed by atoms with van der Waals surface area (Å²) in [6, 6.07) is 13.3. The van der Waals surface area contributed by atoms with E-state index in [-0.39, 0.29) is 18.2 Å². The largest absolute Gasteiger partial charge is 0.497 e. The Hall–Kier alpha value is -3.87. The van der Waals surface area contributed by atoms with Gasteiger partial charge in [-0.3, -0.25) is 9.59 Å². The highest BCUT2D eigenvalue weighted by molar-refractivity contribution is 6.16. The van der Waals surface area contributed by atoms with Gasteiger partial charge in [0.2, 0.25) is 11.8 Å². The van der Waals surface area contributed by atoms with Gasteiger partial charge in [0.25, 0.3) is 0 Å². The summed E-state index contributed by atoms with van der Waals surface area (Å²) in [7, 11) is 1.61. The first-order chi connectivity index (χ1) is 15.0. The quantitative estimate of drug-likeness (QED) is 0.665. The minimum atomic E-state index is -1.10. The number of anilines is 2. The highest BCUT2D eigenvalue weighted by Gasteiger charge is 2.57. The minimum Gasteiger partial charge on any atom is -0.497 e. The zero-order valence-electron chi connectivity index (χ0n) is 17.4. The Morgan fingerprint density at radius 2 is 1.97 bits per heavy atom. The second-order valence-electron chi connectivity index (χ2n) is 7.87. The fourth-order valence-corrected chi connectivity index (χ4v) is 4.64. The van der Waals surface area contributed by atoms with Crippen molar-refractivity contribution in [3.05, 3.63) is 78.0 Å². The van der Waals surface area contributed by atoms with Crippen LogP contribution in [0.25, 0.3) is 5.69 Å². The van der Waals surface area contributed by atoms with Crippen LogP contribution in [-0.2, 0) is 15.0 Å². The molecule has 2 amide bonds. The molecule has 2 aliphatic rings. The number of carbonyl (C=O) groups excluding carboxylic acids is 2. The number of fused-ring (bicyclic) bond motifs is 4. The molecule has 1 spiro atoms. The maximum atomic E-state index is 13.8. The molecule has 5 rings (SSSR count). The second kappa shape index (κ2) is 6.84. The number of rotatable bonds is 4. The third kappa shape index (κ3) is 2.63. The van der Waals surface area contributed by atoms with Gasteiger partial charge >= 0.3 is 0 Å². The summed E-state index contributed by atoms with van der Waals surface area (Å²) in [5.41, 5.74) is 3.04. The molecule has 0 saturated carbocycles. The molecule has 1 atom stereocenters. The zero-order chi connectivity index (χ0) is 21.8. The molecular weight excluding hydrogens is 392 g/mol. The molecule has 31 heavy (non-hydrogen) atoms. The van der Waals surface area contributed by atoms with E-state index in [9.17, 15) is 9.59 Å². The molecule has 0 aliphatic carbocycles. The first-order valence-corrected chi connectivity index (χ1v) is 10.1. The van der Waals surface area contributed by atoms with E-state index in [2.05, 4.69) is 17.0 Å². The number of benzene rings is 2. The van der Waals surface area contributed by atoms with Crippen molar-refractivity contribution < 1.29 is 14.3 Å². The van der Waals surface area contributed by atoms with Gasteiger partial charge in [0.05, 0.1) is 19.0 Å². The van der Waals surface area contributed by atoms with Crippen LogP contribution in [0, 0.1) is 6.92 Å². The number of ether oxygens (including phenoxy) is 1. The van der Waals surface area contributed by atoms with Gasteiger partial charge < -0.3 is 15.0 Å². The summed E-state index contributed by atoms with van der Waals surface area (Å²) in [5.74, 6) is 0.894. The van der Waals surface area contributed by atoms with Crippen LogP contribution in [0.1, 0.15) is 23.1 Å². The minimum absolute atomic E-state index is 0.0389. The van der Waals surface area contributed by atoms with E-state index in [1.807, 2.05) is 49.4 Å². The van der Waals surface area contributed by atoms with E-state index >= 15 is 0 Å². The Morgan fingerprint density at radius 3 is 2.68 bits per heavy atom. The Balaban J connectivity index is 1.73. The van der Waals surface area contributed by atoms with Crippen molar-refractivity contribution in [1.82, 2.24) is 9.78 Å². The van der Waals surface area contributed by atoms with Crippen LogP contribution in [-0.4, -0.2) is 35.2 Å². The van der Waals surface area contributed by atoms with Crippen molar-refractivity contribution in [2.24, 2.45) is 0 Å². The van der Waals surface area contributed by atoms with Gasteiger partial charge in [-0.1, -0.05) is 23.8 Å². The van der Waals surface area contributed by atoms with Gasteiger partial charge in [0.1, 0.15) is 17.0 Å². The van der Waals surface area contributed by atoms with Gasteiger partial charge in [-0.25, -0.2) is 4.68 Å². The maximum Gasteiger partial charge on any atom is 0.243 e. The van der Waals surface area contributed by atoms with Crippen LogP contribution in [0.2, 0.25) is 0 Å². The molecule has 2 aromatic carbocycles. The molecule has 3 heterocycles. The lowest BCUT2D eigenvalue weighted by molar-refractivity contribution is -0.126. The first-order valence-electron chi connectivity index (χ1n) is 10.1. The monoisotopic (exact) mass is 414 g/mol. The normalized spacial score (nSPS) is 19.2. The Morgan fingerprint density at radius 1 is 1.19 bits per heavy atom. The number of carbonyl (C=O) groups is 2. The molecule has 0 radical (unpaired) electrons. The summed E-state index contributed by atoms with van der Waals surface area (Å²) < 4.78 is 6.89. The molecule has 0 unspecified atom stereocenters. The summed E-state index contributed by atoms with van der Waals surface area (Å²) in [5, 5.41) is 7.49. The van der Waals surface area contributed by atoms with Crippen LogP contribution in [0.3, 0.4) is 0 Å². The van der Waals surface area contributed by atoms with E-state index in [1.165, 1.54) is 0 Å². The Labute approximate surface area is 179 Å². The number of aryl methyl sites for hydroxylation is 1. The number of amides is 2. The highest BCUT2D eigenvalue weighted by atomic mass is 16.5. The van der Waals surface area contributed by atoms with E-state index < -0.39 is 5.41 Å². The van der Waals surface area contributed by atoms with E-state index in [1.54, 1.807) is 29.0 Å². The molecule has 1 N–H and O–H groups in total. The lowest BCUT2D eigenvalue weighted by atomic mass is 9.71. The number of methoxy groups -OCH3 is 1. The van der Waals surface area contributed by atoms with Crippen LogP contribution in [0.4, 0.5) is 11.5 Å². The average Bonchev–Trinajstić information content (AvgIpc) is 3.28. The van der Waals surface area contributed by atoms with Crippen molar-refractivity contribution in [1.29, 1.82) is 0 Å².